The normalized spacial score (nSPS) is 14.9. The molecule has 4 heteroatoms. The SMILES string of the molecule is COc1ccc2c(c1)N(C)CCCC2=O.I. The summed E-state index contributed by atoms with van der Waals surface area (Å²) in [4.78, 5) is 13.9. The van der Waals surface area contributed by atoms with Crippen molar-refractivity contribution in [2.75, 3.05) is 25.6 Å². The number of halogens is 1. The van der Waals surface area contributed by atoms with Gasteiger partial charge in [-0.25, -0.2) is 0 Å². The Morgan fingerprint density at radius 2 is 2.12 bits per heavy atom. The first-order chi connectivity index (χ1) is 7.22. The van der Waals surface area contributed by atoms with E-state index in [4.69, 9.17) is 4.74 Å². The highest BCUT2D eigenvalue weighted by atomic mass is 127. The Hall–Kier alpha value is -0.780. The molecule has 0 aromatic heterocycles. The average Bonchev–Trinajstić information content (AvgIpc) is 2.40. The molecule has 0 bridgehead atoms. The van der Waals surface area contributed by atoms with Crippen LogP contribution in [0.15, 0.2) is 18.2 Å². The molecule has 0 spiro atoms. The summed E-state index contributed by atoms with van der Waals surface area (Å²) in [5.41, 5.74) is 1.80. The molecule has 1 heterocycles. The summed E-state index contributed by atoms with van der Waals surface area (Å²) in [5.74, 6) is 1.03. The number of carbonyl (C=O) groups is 1. The minimum atomic E-state index is 0. The summed E-state index contributed by atoms with van der Waals surface area (Å²) in [6.45, 7) is 0.923. The number of methoxy groups -OCH3 is 1. The van der Waals surface area contributed by atoms with Crippen molar-refractivity contribution in [1.29, 1.82) is 0 Å². The van der Waals surface area contributed by atoms with Crippen molar-refractivity contribution in [3.8, 4) is 5.75 Å². The summed E-state index contributed by atoms with van der Waals surface area (Å²) >= 11 is 0. The first kappa shape index (κ1) is 13.3. The lowest BCUT2D eigenvalue weighted by molar-refractivity contribution is 0.0984. The van der Waals surface area contributed by atoms with Crippen molar-refractivity contribution in [2.45, 2.75) is 12.8 Å². The Balaban J connectivity index is 0.00000128. The topological polar surface area (TPSA) is 29.5 Å². The van der Waals surface area contributed by atoms with Gasteiger partial charge < -0.3 is 9.64 Å². The molecule has 0 N–H and O–H groups in total. The van der Waals surface area contributed by atoms with Gasteiger partial charge in [0, 0.05) is 31.6 Å². The molecule has 88 valence electrons. The van der Waals surface area contributed by atoms with E-state index < -0.39 is 0 Å². The van der Waals surface area contributed by atoms with Crippen LogP contribution in [0, 0.1) is 0 Å². The zero-order valence-electron chi connectivity index (χ0n) is 9.53. The number of ether oxygens (including phenoxy) is 1. The minimum absolute atomic E-state index is 0. The van der Waals surface area contributed by atoms with Gasteiger partial charge in [-0.1, -0.05) is 0 Å². The second-order valence-corrected chi connectivity index (χ2v) is 3.83. The number of hydrogen-bond acceptors (Lipinski definition) is 3. The van der Waals surface area contributed by atoms with Crippen LogP contribution < -0.4 is 9.64 Å². The van der Waals surface area contributed by atoms with Crippen LogP contribution >= 0.6 is 24.0 Å². The summed E-state index contributed by atoms with van der Waals surface area (Å²) in [5, 5.41) is 0. The van der Waals surface area contributed by atoms with Crippen LogP contribution in [0.1, 0.15) is 23.2 Å². The second kappa shape index (κ2) is 5.52. The fourth-order valence-corrected chi connectivity index (χ4v) is 1.92. The first-order valence-corrected chi connectivity index (χ1v) is 5.15. The molecule has 0 atom stereocenters. The van der Waals surface area contributed by atoms with E-state index in [1.165, 1.54) is 0 Å². The highest BCUT2D eigenvalue weighted by Gasteiger charge is 2.18. The van der Waals surface area contributed by atoms with Gasteiger partial charge in [0.2, 0.25) is 0 Å². The number of benzene rings is 1. The van der Waals surface area contributed by atoms with Crippen molar-refractivity contribution in [3.63, 3.8) is 0 Å². The van der Waals surface area contributed by atoms with Crippen molar-refractivity contribution in [2.24, 2.45) is 0 Å². The second-order valence-electron chi connectivity index (χ2n) is 3.83. The summed E-state index contributed by atoms with van der Waals surface area (Å²) in [6, 6.07) is 5.63. The van der Waals surface area contributed by atoms with Crippen molar-refractivity contribution >= 4 is 35.4 Å². The molecule has 0 saturated carbocycles. The molecule has 0 aliphatic carbocycles. The van der Waals surface area contributed by atoms with E-state index in [0.29, 0.717) is 6.42 Å². The van der Waals surface area contributed by atoms with Crippen molar-refractivity contribution in [3.05, 3.63) is 23.8 Å². The smallest absolute Gasteiger partial charge is 0.165 e. The molecule has 2 rings (SSSR count). The molecular formula is C12H16INO2. The van der Waals surface area contributed by atoms with E-state index in [9.17, 15) is 4.79 Å². The number of anilines is 1. The number of rotatable bonds is 1. The summed E-state index contributed by atoms with van der Waals surface area (Å²) in [6.07, 6.45) is 1.57. The number of Topliss-reactive ketones (excluding diaryl/α,β-unsaturated/α-hetero) is 1. The molecule has 1 aliphatic rings. The molecule has 0 fully saturated rings. The standard InChI is InChI=1S/C12H15NO2.HI/c1-13-7-3-4-12(14)10-6-5-9(15-2)8-11(10)13;/h5-6,8H,3-4,7H2,1-2H3;1H. The van der Waals surface area contributed by atoms with Crippen LogP contribution in [0.4, 0.5) is 5.69 Å². The number of nitrogens with zero attached hydrogens (tertiary/aromatic N) is 1. The van der Waals surface area contributed by atoms with Gasteiger partial charge in [0.1, 0.15) is 5.75 Å². The van der Waals surface area contributed by atoms with Gasteiger partial charge in [-0.3, -0.25) is 4.79 Å². The summed E-state index contributed by atoms with van der Waals surface area (Å²) < 4.78 is 5.17. The number of carbonyl (C=O) groups excluding carboxylic acids is 1. The lowest BCUT2D eigenvalue weighted by Gasteiger charge is -2.19. The fourth-order valence-electron chi connectivity index (χ4n) is 1.92. The lowest BCUT2D eigenvalue weighted by atomic mass is 10.1. The van der Waals surface area contributed by atoms with Gasteiger partial charge in [0.25, 0.3) is 0 Å². The molecular weight excluding hydrogens is 317 g/mol. The maximum Gasteiger partial charge on any atom is 0.165 e. The van der Waals surface area contributed by atoms with E-state index in [1.54, 1.807) is 7.11 Å². The third-order valence-corrected chi connectivity index (χ3v) is 2.81. The van der Waals surface area contributed by atoms with Crippen LogP contribution in [0.3, 0.4) is 0 Å². The van der Waals surface area contributed by atoms with Gasteiger partial charge >= 0.3 is 0 Å². The van der Waals surface area contributed by atoms with Gasteiger partial charge in [0.15, 0.2) is 5.78 Å². The summed E-state index contributed by atoms with van der Waals surface area (Å²) in [7, 11) is 3.65. The van der Waals surface area contributed by atoms with Crippen LogP contribution in [0.5, 0.6) is 5.75 Å². The number of fused-ring (bicyclic) bond motifs is 1. The highest BCUT2D eigenvalue weighted by Crippen LogP contribution is 2.29. The largest absolute Gasteiger partial charge is 0.497 e. The van der Waals surface area contributed by atoms with Crippen molar-refractivity contribution < 1.29 is 9.53 Å². The number of hydrogen-bond donors (Lipinski definition) is 0. The molecule has 3 nitrogen and oxygen atoms in total. The Morgan fingerprint density at radius 3 is 2.81 bits per heavy atom. The molecule has 0 saturated heterocycles. The zero-order valence-corrected chi connectivity index (χ0v) is 11.9. The Kier molecular flexibility index (Phi) is 4.58. The molecule has 1 aliphatic heterocycles. The molecule has 16 heavy (non-hydrogen) atoms. The maximum absolute atomic E-state index is 11.8. The Morgan fingerprint density at radius 1 is 1.38 bits per heavy atom. The average molecular weight is 333 g/mol. The van der Waals surface area contributed by atoms with Crippen LogP contribution in [-0.2, 0) is 0 Å². The first-order valence-electron chi connectivity index (χ1n) is 5.15. The lowest BCUT2D eigenvalue weighted by Crippen LogP contribution is -2.17. The highest BCUT2D eigenvalue weighted by molar-refractivity contribution is 14.0. The minimum Gasteiger partial charge on any atom is -0.497 e. The van der Waals surface area contributed by atoms with E-state index in [-0.39, 0.29) is 29.8 Å². The molecule has 1 aromatic carbocycles. The monoisotopic (exact) mass is 333 g/mol. The maximum atomic E-state index is 11.8. The van der Waals surface area contributed by atoms with Crippen LogP contribution in [-0.4, -0.2) is 26.5 Å². The van der Waals surface area contributed by atoms with Crippen LogP contribution in [0.25, 0.3) is 0 Å². The quantitative estimate of drug-likeness (QED) is 0.740. The molecule has 0 amide bonds. The molecule has 1 aromatic rings. The van der Waals surface area contributed by atoms with Gasteiger partial charge in [-0.2, -0.15) is 0 Å². The van der Waals surface area contributed by atoms with E-state index in [2.05, 4.69) is 4.90 Å². The fraction of sp³-hybridized carbons (Fsp3) is 0.417. The predicted octanol–water partition coefficient (Wildman–Crippen LogP) is 2.73. The third-order valence-electron chi connectivity index (χ3n) is 2.81. The van der Waals surface area contributed by atoms with Crippen molar-refractivity contribution in [1.82, 2.24) is 0 Å². The van der Waals surface area contributed by atoms with Gasteiger partial charge in [0.05, 0.1) is 12.8 Å². The van der Waals surface area contributed by atoms with Gasteiger partial charge in [-0.05, 0) is 18.6 Å². The predicted molar refractivity (Wildman–Crippen MR) is 75.2 cm³/mol. The Bertz CT molecular complexity index is 393. The zero-order chi connectivity index (χ0) is 10.8. The van der Waals surface area contributed by atoms with Gasteiger partial charge in [-0.15, -0.1) is 24.0 Å². The van der Waals surface area contributed by atoms with E-state index in [1.807, 2.05) is 25.2 Å². The van der Waals surface area contributed by atoms with E-state index >= 15 is 0 Å². The molecule has 0 unspecified atom stereocenters. The third kappa shape index (κ3) is 2.48. The number of ketones is 1. The van der Waals surface area contributed by atoms with Crippen LogP contribution in [0.2, 0.25) is 0 Å². The van der Waals surface area contributed by atoms with E-state index in [0.717, 1.165) is 30.0 Å². The Labute approximate surface area is 113 Å². The molecule has 0 radical (unpaired) electrons.